The number of halogens is 2. The molecule has 1 amide bonds. The second-order valence-corrected chi connectivity index (χ2v) is 2.97. The molecular formula is C7H11F2NO2. The SMILES string of the molecule is O=C(O)N1CCCC(C(F)F)C1. The van der Waals surface area contributed by atoms with Gasteiger partial charge >= 0.3 is 6.09 Å². The summed E-state index contributed by atoms with van der Waals surface area (Å²) in [5.41, 5.74) is 0. The van der Waals surface area contributed by atoms with Crippen molar-refractivity contribution >= 4 is 6.09 Å². The van der Waals surface area contributed by atoms with Gasteiger partial charge in [0.2, 0.25) is 6.43 Å². The largest absolute Gasteiger partial charge is 0.465 e. The molecule has 0 aliphatic carbocycles. The van der Waals surface area contributed by atoms with E-state index in [9.17, 15) is 13.6 Å². The predicted molar refractivity (Wildman–Crippen MR) is 38.3 cm³/mol. The van der Waals surface area contributed by atoms with Gasteiger partial charge in [-0.15, -0.1) is 0 Å². The van der Waals surface area contributed by atoms with E-state index >= 15 is 0 Å². The first-order valence-corrected chi connectivity index (χ1v) is 3.87. The van der Waals surface area contributed by atoms with Crippen LogP contribution in [0.5, 0.6) is 0 Å². The van der Waals surface area contributed by atoms with Crippen LogP contribution in [0.25, 0.3) is 0 Å². The molecule has 0 aromatic carbocycles. The molecule has 70 valence electrons. The average molecular weight is 179 g/mol. The molecule has 0 aromatic rings. The van der Waals surface area contributed by atoms with Crippen LogP contribution in [-0.2, 0) is 0 Å². The molecule has 12 heavy (non-hydrogen) atoms. The molecule has 0 spiro atoms. The maximum Gasteiger partial charge on any atom is 0.407 e. The van der Waals surface area contributed by atoms with Crippen LogP contribution in [0.3, 0.4) is 0 Å². The molecule has 1 aliphatic rings. The Hall–Kier alpha value is -0.870. The van der Waals surface area contributed by atoms with Crippen LogP contribution in [0.2, 0.25) is 0 Å². The first-order chi connectivity index (χ1) is 5.61. The van der Waals surface area contributed by atoms with E-state index in [0.29, 0.717) is 19.4 Å². The molecule has 1 N–H and O–H groups in total. The molecule has 1 atom stereocenters. The van der Waals surface area contributed by atoms with Gasteiger partial charge in [-0.2, -0.15) is 0 Å². The topological polar surface area (TPSA) is 40.5 Å². The summed E-state index contributed by atoms with van der Waals surface area (Å²) in [6, 6.07) is 0. The smallest absolute Gasteiger partial charge is 0.407 e. The van der Waals surface area contributed by atoms with E-state index in [1.165, 1.54) is 0 Å². The Morgan fingerprint density at radius 1 is 1.58 bits per heavy atom. The number of alkyl halides is 2. The summed E-state index contributed by atoms with van der Waals surface area (Å²) in [4.78, 5) is 11.5. The lowest BCUT2D eigenvalue weighted by Crippen LogP contribution is -2.41. The van der Waals surface area contributed by atoms with Crippen molar-refractivity contribution in [2.75, 3.05) is 13.1 Å². The minimum Gasteiger partial charge on any atom is -0.465 e. The highest BCUT2D eigenvalue weighted by Crippen LogP contribution is 2.22. The number of amides is 1. The van der Waals surface area contributed by atoms with Crippen LogP contribution in [0.1, 0.15) is 12.8 Å². The predicted octanol–water partition coefficient (Wildman–Crippen LogP) is 1.64. The fourth-order valence-corrected chi connectivity index (χ4v) is 1.39. The van der Waals surface area contributed by atoms with Gasteiger partial charge in [-0.1, -0.05) is 0 Å². The molecule has 0 bridgehead atoms. The normalized spacial score (nSPS) is 24.6. The van der Waals surface area contributed by atoms with Gasteiger partial charge in [0.25, 0.3) is 0 Å². The van der Waals surface area contributed by atoms with Crippen LogP contribution < -0.4 is 0 Å². The first-order valence-electron chi connectivity index (χ1n) is 3.87. The lowest BCUT2D eigenvalue weighted by atomic mass is 9.99. The highest BCUT2D eigenvalue weighted by Gasteiger charge is 2.28. The third-order valence-electron chi connectivity index (χ3n) is 2.08. The zero-order valence-corrected chi connectivity index (χ0v) is 6.54. The van der Waals surface area contributed by atoms with Crippen LogP contribution in [0.15, 0.2) is 0 Å². The van der Waals surface area contributed by atoms with Crippen molar-refractivity contribution in [3.63, 3.8) is 0 Å². The molecule has 1 fully saturated rings. The number of piperidine rings is 1. The van der Waals surface area contributed by atoms with Gasteiger partial charge in [0, 0.05) is 19.0 Å². The van der Waals surface area contributed by atoms with Crippen molar-refractivity contribution < 1.29 is 18.7 Å². The molecule has 3 nitrogen and oxygen atoms in total. The van der Waals surface area contributed by atoms with E-state index in [1.807, 2.05) is 0 Å². The summed E-state index contributed by atoms with van der Waals surface area (Å²) in [7, 11) is 0. The van der Waals surface area contributed by atoms with Crippen molar-refractivity contribution in [3.05, 3.63) is 0 Å². The van der Waals surface area contributed by atoms with E-state index in [2.05, 4.69) is 0 Å². The summed E-state index contributed by atoms with van der Waals surface area (Å²) in [5.74, 6) is -0.769. The van der Waals surface area contributed by atoms with Crippen LogP contribution >= 0.6 is 0 Å². The lowest BCUT2D eigenvalue weighted by molar-refractivity contribution is 0.0299. The molecule has 1 unspecified atom stereocenters. The molecule has 5 heteroatoms. The quantitative estimate of drug-likeness (QED) is 0.664. The number of nitrogens with zero attached hydrogens (tertiary/aromatic N) is 1. The van der Waals surface area contributed by atoms with Gasteiger partial charge in [0.1, 0.15) is 0 Å². The van der Waals surface area contributed by atoms with Crippen LogP contribution in [0, 0.1) is 5.92 Å². The second-order valence-electron chi connectivity index (χ2n) is 2.97. The summed E-state index contributed by atoms with van der Waals surface area (Å²) >= 11 is 0. The van der Waals surface area contributed by atoms with E-state index in [0.717, 1.165) is 4.90 Å². The van der Waals surface area contributed by atoms with Gasteiger partial charge in [-0.05, 0) is 12.8 Å². The third kappa shape index (κ3) is 2.06. The summed E-state index contributed by atoms with van der Waals surface area (Å²) in [6.45, 7) is 0.367. The minimum absolute atomic E-state index is 0.0208. The fraction of sp³-hybridized carbons (Fsp3) is 0.857. The maximum atomic E-state index is 12.1. The molecule has 0 aromatic heterocycles. The number of hydrogen-bond donors (Lipinski definition) is 1. The second kappa shape index (κ2) is 3.69. The van der Waals surface area contributed by atoms with Gasteiger partial charge in [-0.25, -0.2) is 13.6 Å². The van der Waals surface area contributed by atoms with Crippen molar-refractivity contribution in [2.24, 2.45) is 5.92 Å². The standard InChI is InChI=1S/C7H11F2NO2/c8-6(9)5-2-1-3-10(4-5)7(11)12/h5-6H,1-4H2,(H,11,12). The van der Waals surface area contributed by atoms with E-state index in [-0.39, 0.29) is 6.54 Å². The lowest BCUT2D eigenvalue weighted by Gasteiger charge is -2.29. The number of hydrogen-bond acceptors (Lipinski definition) is 1. The Kier molecular flexibility index (Phi) is 2.83. The van der Waals surface area contributed by atoms with Crippen molar-refractivity contribution in [2.45, 2.75) is 19.3 Å². The van der Waals surface area contributed by atoms with Crippen molar-refractivity contribution in [1.29, 1.82) is 0 Å². The molecule has 1 saturated heterocycles. The molecule has 1 heterocycles. The van der Waals surface area contributed by atoms with E-state index in [4.69, 9.17) is 5.11 Å². The molecule has 0 saturated carbocycles. The monoisotopic (exact) mass is 179 g/mol. The molecular weight excluding hydrogens is 168 g/mol. The number of likely N-dealkylation sites (tertiary alicyclic amines) is 1. The summed E-state index contributed by atoms with van der Waals surface area (Å²) in [5, 5.41) is 8.52. The Labute approximate surface area is 69.0 Å². The summed E-state index contributed by atoms with van der Waals surface area (Å²) in [6.07, 6.45) is -2.52. The Morgan fingerprint density at radius 2 is 2.25 bits per heavy atom. The average Bonchev–Trinajstić information content (AvgIpc) is 2.04. The summed E-state index contributed by atoms with van der Waals surface area (Å²) < 4.78 is 24.3. The van der Waals surface area contributed by atoms with Gasteiger partial charge in [0.05, 0.1) is 0 Å². The Balaban J connectivity index is 2.46. The molecule has 1 aliphatic heterocycles. The number of carbonyl (C=O) groups is 1. The van der Waals surface area contributed by atoms with Gasteiger partial charge in [-0.3, -0.25) is 0 Å². The zero-order valence-electron chi connectivity index (χ0n) is 6.54. The number of carboxylic acid groups (broad SMARTS) is 1. The minimum atomic E-state index is -2.40. The third-order valence-corrected chi connectivity index (χ3v) is 2.08. The van der Waals surface area contributed by atoms with Crippen LogP contribution in [-0.4, -0.2) is 35.6 Å². The number of rotatable bonds is 1. The molecule has 1 rings (SSSR count). The van der Waals surface area contributed by atoms with Gasteiger partial charge in [0.15, 0.2) is 0 Å². The highest BCUT2D eigenvalue weighted by molar-refractivity contribution is 5.65. The fourth-order valence-electron chi connectivity index (χ4n) is 1.39. The highest BCUT2D eigenvalue weighted by atomic mass is 19.3. The zero-order chi connectivity index (χ0) is 9.14. The maximum absolute atomic E-state index is 12.1. The first kappa shape index (κ1) is 9.22. The van der Waals surface area contributed by atoms with E-state index in [1.54, 1.807) is 0 Å². The Bertz CT molecular complexity index is 175. The van der Waals surface area contributed by atoms with E-state index < -0.39 is 18.4 Å². The molecule has 0 radical (unpaired) electrons. The van der Waals surface area contributed by atoms with Crippen molar-refractivity contribution in [1.82, 2.24) is 4.90 Å². The van der Waals surface area contributed by atoms with Gasteiger partial charge < -0.3 is 10.0 Å². The van der Waals surface area contributed by atoms with Crippen LogP contribution in [0.4, 0.5) is 13.6 Å². The Morgan fingerprint density at radius 3 is 2.75 bits per heavy atom. The van der Waals surface area contributed by atoms with Crippen molar-refractivity contribution in [3.8, 4) is 0 Å².